The van der Waals surface area contributed by atoms with Gasteiger partial charge in [0.05, 0.1) is 12.8 Å². The third-order valence-electron chi connectivity index (χ3n) is 0.761. The molecule has 0 atom stereocenters. The smallest absolute Gasteiger partial charge is 0.314 e. The maximum Gasteiger partial charge on any atom is 0.314 e. The number of ether oxygens (including phenoxy) is 1. The fourth-order valence-corrected chi connectivity index (χ4v) is 0.433. The summed E-state index contributed by atoms with van der Waals surface area (Å²) in [6.07, 6.45) is 0.525. The van der Waals surface area contributed by atoms with E-state index in [1.807, 2.05) is 0 Å². The van der Waals surface area contributed by atoms with Crippen molar-refractivity contribution in [3.8, 4) is 0 Å². The maximum atomic E-state index is 10.0. The summed E-state index contributed by atoms with van der Waals surface area (Å²) >= 11 is 0. The van der Waals surface area contributed by atoms with Crippen molar-refractivity contribution in [2.24, 2.45) is 0 Å². The zero-order valence-corrected chi connectivity index (χ0v) is 5.99. The molecule has 5 nitrogen and oxygen atoms in total. The van der Waals surface area contributed by atoms with Gasteiger partial charge < -0.3 is 9.84 Å². The Morgan fingerprint density at radius 1 is 1.36 bits per heavy atom. The Labute approximate surface area is 63.0 Å². The van der Waals surface area contributed by atoms with E-state index in [0.29, 0.717) is 0 Å². The van der Waals surface area contributed by atoms with Crippen LogP contribution in [0.2, 0.25) is 0 Å². The van der Waals surface area contributed by atoms with Crippen LogP contribution in [-0.2, 0) is 19.1 Å². The summed E-state index contributed by atoms with van der Waals surface area (Å²) in [4.78, 5) is 29.0. The average Bonchev–Trinajstić information content (AvgIpc) is 2.13. The number of carbonyl (C=O) groups is 3. The van der Waals surface area contributed by atoms with E-state index in [-0.39, 0.29) is 12.8 Å². The predicted octanol–water partition coefficient (Wildman–Crippen LogP) is -0.0591. The number of hydrogen-bond donors (Lipinski definition) is 1. The van der Waals surface area contributed by atoms with Crippen molar-refractivity contribution in [3.63, 3.8) is 0 Å². The molecule has 1 aliphatic heterocycles. The van der Waals surface area contributed by atoms with Gasteiger partial charge in [0, 0.05) is 6.92 Å². The molecule has 1 N–H and O–H groups in total. The molecule has 1 saturated heterocycles. The molecule has 0 spiro atoms. The van der Waals surface area contributed by atoms with Crippen LogP contribution in [0.1, 0.15) is 19.8 Å². The van der Waals surface area contributed by atoms with Gasteiger partial charge in [-0.15, -0.1) is 0 Å². The second-order valence-corrected chi connectivity index (χ2v) is 1.87. The molecule has 1 rings (SSSR count). The zero-order valence-electron chi connectivity index (χ0n) is 5.99. The van der Waals surface area contributed by atoms with Crippen LogP contribution >= 0.6 is 0 Å². The summed E-state index contributed by atoms with van der Waals surface area (Å²) in [5, 5.41) is 7.42. The van der Waals surface area contributed by atoms with Crippen molar-refractivity contribution in [1.29, 1.82) is 0 Å². The molecule has 0 aliphatic carbocycles. The third-order valence-corrected chi connectivity index (χ3v) is 0.761. The van der Waals surface area contributed by atoms with Gasteiger partial charge in [0.15, 0.2) is 0 Å². The maximum absolute atomic E-state index is 10.0. The summed E-state index contributed by atoms with van der Waals surface area (Å²) in [6, 6.07) is 0. The Balaban J connectivity index is 0.000000218. The summed E-state index contributed by atoms with van der Waals surface area (Å²) in [7, 11) is 0. The Kier molecular flexibility index (Phi) is 3.87. The van der Waals surface area contributed by atoms with E-state index in [4.69, 9.17) is 9.90 Å². The largest absolute Gasteiger partial charge is 0.481 e. The van der Waals surface area contributed by atoms with Crippen LogP contribution < -0.4 is 0 Å². The molecule has 1 heterocycles. The van der Waals surface area contributed by atoms with Gasteiger partial charge in [-0.1, -0.05) is 0 Å². The first-order chi connectivity index (χ1) is 5.02. The molecule has 11 heavy (non-hydrogen) atoms. The van der Waals surface area contributed by atoms with Crippen molar-refractivity contribution in [3.05, 3.63) is 0 Å². The molecule has 0 aromatic rings. The standard InChI is InChI=1S/C4H4O3.C2H4O2/c5-3-1-2-4(6)7-3;1-2(3)4/h1-2H2;1H3,(H,3,4). The molecule has 0 bridgehead atoms. The van der Waals surface area contributed by atoms with Gasteiger partial charge in [-0.2, -0.15) is 0 Å². The highest BCUT2D eigenvalue weighted by atomic mass is 16.6. The highest BCUT2D eigenvalue weighted by Crippen LogP contribution is 2.03. The van der Waals surface area contributed by atoms with E-state index in [9.17, 15) is 9.59 Å². The van der Waals surface area contributed by atoms with E-state index in [2.05, 4.69) is 4.74 Å². The molecular weight excluding hydrogens is 152 g/mol. The number of esters is 2. The molecule has 0 amide bonds. The second-order valence-electron chi connectivity index (χ2n) is 1.87. The van der Waals surface area contributed by atoms with Crippen molar-refractivity contribution in [1.82, 2.24) is 0 Å². The number of aliphatic carboxylic acids is 1. The highest BCUT2D eigenvalue weighted by molar-refractivity contribution is 5.92. The minimum atomic E-state index is -0.833. The van der Waals surface area contributed by atoms with Gasteiger partial charge in [-0.05, 0) is 0 Å². The van der Waals surface area contributed by atoms with E-state index in [1.54, 1.807) is 0 Å². The lowest BCUT2D eigenvalue weighted by Gasteiger charge is -1.79. The van der Waals surface area contributed by atoms with Gasteiger partial charge in [0.2, 0.25) is 0 Å². The van der Waals surface area contributed by atoms with E-state index < -0.39 is 17.9 Å². The van der Waals surface area contributed by atoms with Crippen LogP contribution in [0.5, 0.6) is 0 Å². The van der Waals surface area contributed by atoms with Gasteiger partial charge in [-0.25, -0.2) is 0 Å². The molecule has 0 aromatic carbocycles. The summed E-state index contributed by atoms with van der Waals surface area (Å²) in [5.41, 5.74) is 0. The SMILES string of the molecule is CC(=O)O.O=C1CCC(=O)O1. The van der Waals surface area contributed by atoms with Gasteiger partial charge in [0.25, 0.3) is 5.97 Å². The Morgan fingerprint density at radius 2 is 1.64 bits per heavy atom. The first kappa shape index (κ1) is 9.61. The normalized spacial score (nSPS) is 15.0. The van der Waals surface area contributed by atoms with Crippen molar-refractivity contribution in [2.75, 3.05) is 0 Å². The number of cyclic esters (lactones) is 2. The lowest BCUT2D eigenvalue weighted by atomic mass is 10.4. The van der Waals surface area contributed by atoms with E-state index >= 15 is 0 Å². The van der Waals surface area contributed by atoms with Crippen LogP contribution in [0.3, 0.4) is 0 Å². The third kappa shape index (κ3) is 6.50. The molecular formula is C6H8O5. The zero-order chi connectivity index (χ0) is 8.85. The van der Waals surface area contributed by atoms with E-state index in [0.717, 1.165) is 6.92 Å². The molecule has 0 saturated carbocycles. The number of carboxylic acids is 1. The molecule has 0 aromatic heterocycles. The average molecular weight is 160 g/mol. The topological polar surface area (TPSA) is 80.7 Å². The van der Waals surface area contributed by atoms with Crippen molar-refractivity contribution in [2.45, 2.75) is 19.8 Å². The fourth-order valence-electron chi connectivity index (χ4n) is 0.433. The van der Waals surface area contributed by atoms with Crippen LogP contribution in [0.15, 0.2) is 0 Å². The monoisotopic (exact) mass is 160 g/mol. The van der Waals surface area contributed by atoms with Gasteiger partial charge in [-0.3, -0.25) is 14.4 Å². The van der Waals surface area contributed by atoms with Crippen LogP contribution in [-0.4, -0.2) is 23.0 Å². The Hall–Kier alpha value is -1.39. The van der Waals surface area contributed by atoms with Crippen molar-refractivity contribution >= 4 is 17.9 Å². The number of carboxylic acid groups (broad SMARTS) is 1. The first-order valence-corrected chi connectivity index (χ1v) is 2.95. The quantitative estimate of drug-likeness (QED) is 0.396. The number of rotatable bonds is 0. The van der Waals surface area contributed by atoms with Crippen LogP contribution in [0.4, 0.5) is 0 Å². The molecule has 0 radical (unpaired) electrons. The number of hydrogen-bond acceptors (Lipinski definition) is 4. The number of carbonyl (C=O) groups excluding carboxylic acids is 2. The van der Waals surface area contributed by atoms with Crippen molar-refractivity contribution < 1.29 is 24.2 Å². The summed E-state index contributed by atoms with van der Waals surface area (Å²) < 4.78 is 4.08. The second kappa shape index (κ2) is 4.43. The lowest BCUT2D eigenvalue weighted by molar-refractivity contribution is -0.152. The van der Waals surface area contributed by atoms with Crippen LogP contribution in [0.25, 0.3) is 0 Å². The highest BCUT2D eigenvalue weighted by Gasteiger charge is 2.19. The molecule has 5 heteroatoms. The molecule has 0 unspecified atom stereocenters. The Bertz CT molecular complexity index is 165. The fraction of sp³-hybridized carbons (Fsp3) is 0.500. The first-order valence-electron chi connectivity index (χ1n) is 2.95. The molecule has 1 aliphatic rings. The van der Waals surface area contributed by atoms with E-state index in [1.165, 1.54) is 0 Å². The molecule has 62 valence electrons. The minimum absolute atomic E-state index is 0.263. The van der Waals surface area contributed by atoms with Gasteiger partial charge >= 0.3 is 11.9 Å². The summed E-state index contributed by atoms with van der Waals surface area (Å²) in [6.45, 7) is 1.08. The Morgan fingerprint density at radius 3 is 1.73 bits per heavy atom. The lowest BCUT2D eigenvalue weighted by Crippen LogP contribution is -1.94. The van der Waals surface area contributed by atoms with Crippen LogP contribution in [0, 0.1) is 0 Å². The summed E-state index contributed by atoms with van der Waals surface area (Å²) in [5.74, 6) is -1.63. The van der Waals surface area contributed by atoms with Gasteiger partial charge in [0.1, 0.15) is 0 Å². The molecule has 1 fully saturated rings. The minimum Gasteiger partial charge on any atom is -0.481 e. The predicted molar refractivity (Wildman–Crippen MR) is 33.6 cm³/mol.